The van der Waals surface area contributed by atoms with Gasteiger partial charge in [-0.05, 0) is 25.0 Å². The van der Waals surface area contributed by atoms with Crippen LogP contribution in [0.1, 0.15) is 40.0 Å². The summed E-state index contributed by atoms with van der Waals surface area (Å²) in [6, 6.07) is 16.4. The molecule has 1 unspecified atom stereocenters. The molecule has 2 aromatic rings. The van der Waals surface area contributed by atoms with Crippen molar-refractivity contribution < 1.29 is 14.4 Å². The van der Waals surface area contributed by atoms with Crippen molar-refractivity contribution in [2.75, 3.05) is 0 Å². The van der Waals surface area contributed by atoms with Gasteiger partial charge in [0.1, 0.15) is 5.78 Å². The van der Waals surface area contributed by atoms with Crippen LogP contribution in [-0.4, -0.2) is 17.3 Å². The molecule has 2 aromatic carbocycles. The standard InChI is InChI=1S/C21H16O3S/c22-17-12-6-11-16(17)18-19(23)14-9-4-5-10-15(14)20(24)21(18)25-13-7-2-1-3-8-13/h1-5,7-10,16H,6,11-12H2. The quantitative estimate of drug-likeness (QED) is 0.820. The van der Waals surface area contributed by atoms with E-state index in [1.54, 1.807) is 24.3 Å². The van der Waals surface area contributed by atoms with Crippen molar-refractivity contribution in [3.8, 4) is 0 Å². The molecule has 0 radical (unpaired) electrons. The molecule has 0 amide bonds. The van der Waals surface area contributed by atoms with Crippen LogP contribution in [0.15, 0.2) is 70.0 Å². The number of fused-ring (bicyclic) bond motifs is 1. The Balaban J connectivity index is 1.87. The fourth-order valence-electron chi connectivity index (χ4n) is 3.52. The predicted molar refractivity (Wildman–Crippen MR) is 96.8 cm³/mol. The molecule has 2 aliphatic rings. The Bertz CT molecular complexity index is 912. The number of carbonyl (C=O) groups is 3. The Labute approximate surface area is 150 Å². The second-order valence-corrected chi connectivity index (χ2v) is 7.36. The fraction of sp³-hybridized carbons (Fsp3) is 0.190. The minimum atomic E-state index is -0.448. The molecule has 1 saturated carbocycles. The maximum Gasteiger partial charge on any atom is 0.200 e. The van der Waals surface area contributed by atoms with E-state index in [9.17, 15) is 14.4 Å². The average molecular weight is 348 g/mol. The Kier molecular flexibility index (Phi) is 4.14. The summed E-state index contributed by atoms with van der Waals surface area (Å²) in [5, 5.41) is 0. The Morgan fingerprint density at radius 1 is 0.800 bits per heavy atom. The zero-order chi connectivity index (χ0) is 17.4. The molecule has 25 heavy (non-hydrogen) atoms. The summed E-state index contributed by atoms with van der Waals surface area (Å²) in [7, 11) is 0. The van der Waals surface area contributed by atoms with E-state index in [1.807, 2.05) is 30.3 Å². The summed E-state index contributed by atoms with van der Waals surface area (Å²) in [5.41, 5.74) is 1.25. The van der Waals surface area contributed by atoms with Crippen LogP contribution in [-0.2, 0) is 4.79 Å². The van der Waals surface area contributed by atoms with Crippen molar-refractivity contribution in [3.05, 3.63) is 76.2 Å². The number of hydrogen-bond acceptors (Lipinski definition) is 4. The van der Waals surface area contributed by atoms with Crippen molar-refractivity contribution in [3.63, 3.8) is 0 Å². The van der Waals surface area contributed by atoms with Crippen LogP contribution in [0.2, 0.25) is 0 Å². The first-order valence-corrected chi connectivity index (χ1v) is 9.16. The van der Waals surface area contributed by atoms with Gasteiger partial charge in [0, 0.05) is 33.9 Å². The first-order chi connectivity index (χ1) is 12.2. The lowest BCUT2D eigenvalue weighted by Gasteiger charge is -2.23. The summed E-state index contributed by atoms with van der Waals surface area (Å²) in [6.45, 7) is 0. The van der Waals surface area contributed by atoms with Gasteiger partial charge in [0.2, 0.25) is 5.78 Å². The van der Waals surface area contributed by atoms with Crippen LogP contribution in [0.3, 0.4) is 0 Å². The van der Waals surface area contributed by atoms with Crippen LogP contribution < -0.4 is 0 Å². The molecule has 4 rings (SSSR count). The van der Waals surface area contributed by atoms with E-state index in [0.29, 0.717) is 34.4 Å². The minimum absolute atomic E-state index is 0.0710. The third-order valence-corrected chi connectivity index (χ3v) is 5.85. The molecular formula is C21H16O3S. The highest BCUT2D eigenvalue weighted by Gasteiger charge is 2.40. The van der Waals surface area contributed by atoms with Gasteiger partial charge in [-0.15, -0.1) is 0 Å². The zero-order valence-electron chi connectivity index (χ0n) is 13.5. The number of rotatable bonds is 3. The van der Waals surface area contributed by atoms with Crippen LogP contribution in [0.25, 0.3) is 0 Å². The average Bonchev–Trinajstić information content (AvgIpc) is 3.06. The molecule has 0 saturated heterocycles. The summed E-state index contributed by atoms with van der Waals surface area (Å²) in [6.07, 6.45) is 1.91. The third-order valence-electron chi connectivity index (χ3n) is 4.73. The number of allylic oxidation sites excluding steroid dienone is 2. The molecule has 0 heterocycles. The van der Waals surface area contributed by atoms with E-state index < -0.39 is 5.92 Å². The summed E-state index contributed by atoms with van der Waals surface area (Å²) < 4.78 is 0. The normalized spacial score (nSPS) is 20.2. The third kappa shape index (κ3) is 2.76. The van der Waals surface area contributed by atoms with Gasteiger partial charge in [0.05, 0.1) is 4.91 Å². The largest absolute Gasteiger partial charge is 0.299 e. The lowest BCUT2D eigenvalue weighted by Crippen LogP contribution is -2.27. The maximum atomic E-state index is 13.1. The molecule has 1 fully saturated rings. The van der Waals surface area contributed by atoms with Crippen molar-refractivity contribution in [1.29, 1.82) is 0 Å². The first kappa shape index (κ1) is 16.0. The van der Waals surface area contributed by atoms with Gasteiger partial charge in [-0.3, -0.25) is 14.4 Å². The monoisotopic (exact) mass is 348 g/mol. The molecule has 0 N–H and O–H groups in total. The highest BCUT2D eigenvalue weighted by molar-refractivity contribution is 8.04. The summed E-state index contributed by atoms with van der Waals surface area (Å²) in [5.74, 6) is -0.703. The lowest BCUT2D eigenvalue weighted by molar-refractivity contribution is -0.119. The Hall–Kier alpha value is -2.46. The van der Waals surface area contributed by atoms with Gasteiger partial charge in [-0.25, -0.2) is 0 Å². The summed E-state index contributed by atoms with van der Waals surface area (Å²) >= 11 is 1.29. The molecule has 3 nitrogen and oxygen atoms in total. The van der Waals surface area contributed by atoms with Gasteiger partial charge in [0.25, 0.3) is 0 Å². The highest BCUT2D eigenvalue weighted by atomic mass is 32.2. The minimum Gasteiger partial charge on any atom is -0.299 e. The van der Waals surface area contributed by atoms with Crippen LogP contribution >= 0.6 is 11.8 Å². The van der Waals surface area contributed by atoms with Crippen molar-refractivity contribution in [2.45, 2.75) is 24.2 Å². The van der Waals surface area contributed by atoms with Gasteiger partial charge >= 0.3 is 0 Å². The number of hydrogen-bond donors (Lipinski definition) is 0. The Morgan fingerprint density at radius 3 is 2.08 bits per heavy atom. The molecule has 2 aliphatic carbocycles. The topological polar surface area (TPSA) is 51.2 Å². The number of benzene rings is 2. The number of thioether (sulfide) groups is 1. The summed E-state index contributed by atoms with van der Waals surface area (Å²) in [4.78, 5) is 39.8. The number of ketones is 3. The van der Waals surface area contributed by atoms with Crippen LogP contribution in [0.4, 0.5) is 0 Å². The first-order valence-electron chi connectivity index (χ1n) is 8.35. The van der Waals surface area contributed by atoms with Crippen LogP contribution in [0.5, 0.6) is 0 Å². The molecular weight excluding hydrogens is 332 g/mol. The second kappa shape index (κ2) is 6.45. The zero-order valence-corrected chi connectivity index (χ0v) is 14.3. The van der Waals surface area contributed by atoms with E-state index >= 15 is 0 Å². The lowest BCUT2D eigenvalue weighted by atomic mass is 9.82. The fourth-order valence-corrected chi connectivity index (χ4v) is 4.59. The van der Waals surface area contributed by atoms with Gasteiger partial charge in [-0.2, -0.15) is 0 Å². The molecule has 1 atom stereocenters. The second-order valence-electron chi connectivity index (χ2n) is 6.27. The highest BCUT2D eigenvalue weighted by Crippen LogP contribution is 2.42. The molecule has 0 aromatic heterocycles. The predicted octanol–water partition coefficient (Wildman–Crippen LogP) is 4.48. The molecule has 4 heteroatoms. The van der Waals surface area contributed by atoms with Crippen molar-refractivity contribution in [2.24, 2.45) is 5.92 Å². The Morgan fingerprint density at radius 2 is 1.44 bits per heavy atom. The molecule has 0 aliphatic heterocycles. The van der Waals surface area contributed by atoms with Gasteiger partial charge in [-0.1, -0.05) is 54.2 Å². The van der Waals surface area contributed by atoms with Crippen molar-refractivity contribution >= 4 is 29.1 Å². The van der Waals surface area contributed by atoms with E-state index in [4.69, 9.17) is 0 Å². The molecule has 124 valence electrons. The van der Waals surface area contributed by atoms with Crippen LogP contribution in [0, 0.1) is 5.92 Å². The number of carbonyl (C=O) groups excluding carboxylic acids is 3. The van der Waals surface area contributed by atoms with E-state index in [0.717, 1.165) is 11.3 Å². The van der Waals surface area contributed by atoms with E-state index in [1.165, 1.54) is 11.8 Å². The molecule has 0 bridgehead atoms. The van der Waals surface area contributed by atoms with Gasteiger partial charge < -0.3 is 0 Å². The maximum absolute atomic E-state index is 13.1. The molecule has 0 spiro atoms. The van der Waals surface area contributed by atoms with Gasteiger partial charge in [0.15, 0.2) is 5.78 Å². The van der Waals surface area contributed by atoms with Crippen molar-refractivity contribution in [1.82, 2.24) is 0 Å². The van der Waals surface area contributed by atoms with E-state index in [2.05, 4.69) is 0 Å². The van der Waals surface area contributed by atoms with E-state index in [-0.39, 0.29) is 17.3 Å². The SMILES string of the molecule is O=C1C(Sc2ccccc2)=C(C2CCCC2=O)C(=O)c2ccccc21. The smallest absolute Gasteiger partial charge is 0.200 e. The number of Topliss-reactive ketones (excluding diaryl/α,β-unsaturated/α-hetero) is 3.